The Hall–Kier alpha value is 0.895. The smallest absolute Gasteiger partial charge is 0.408 e. The van der Waals surface area contributed by atoms with Gasteiger partial charge in [0.15, 0.2) is 0 Å². The molecule has 7 heavy (non-hydrogen) atoms. The summed E-state index contributed by atoms with van der Waals surface area (Å²) in [5, 5.41) is 0. The molecule has 0 saturated heterocycles. The molecule has 0 aromatic rings. The van der Waals surface area contributed by atoms with Gasteiger partial charge in [-0.05, 0) is 0 Å². The lowest BCUT2D eigenvalue weighted by Gasteiger charge is -1.94. The average Bonchev–Trinajstić information content (AvgIpc) is 1.61. The molecule has 0 spiro atoms. The van der Waals surface area contributed by atoms with Crippen LogP contribution in [-0.2, 0) is 4.65 Å². The van der Waals surface area contributed by atoms with Gasteiger partial charge in [0, 0.05) is 12.5 Å². The SMILES string of the molecule is ClCCOB(Cl)Cl. The van der Waals surface area contributed by atoms with Gasteiger partial charge in [-0.1, -0.05) is 0 Å². The predicted molar refractivity (Wildman–Crippen MR) is 34.1 cm³/mol. The van der Waals surface area contributed by atoms with Crippen molar-refractivity contribution < 1.29 is 4.65 Å². The van der Waals surface area contributed by atoms with E-state index in [1.54, 1.807) is 0 Å². The van der Waals surface area contributed by atoms with Crippen molar-refractivity contribution in [3.05, 3.63) is 0 Å². The molecule has 0 unspecified atom stereocenters. The summed E-state index contributed by atoms with van der Waals surface area (Å²) in [4.78, 5) is 0. The van der Waals surface area contributed by atoms with E-state index in [-0.39, 0.29) is 0 Å². The second-order valence-electron chi connectivity index (χ2n) is 0.820. The molecular weight excluding hydrogens is 157 g/mol. The van der Waals surface area contributed by atoms with Gasteiger partial charge in [0.25, 0.3) is 0 Å². The van der Waals surface area contributed by atoms with Crippen molar-refractivity contribution in [2.24, 2.45) is 0 Å². The summed E-state index contributed by atoms with van der Waals surface area (Å²) in [7, 11) is 0. The lowest BCUT2D eigenvalue weighted by atomic mass is 10.5. The number of halogens is 3. The summed E-state index contributed by atoms with van der Waals surface area (Å²) in [5.41, 5.74) is 0. The predicted octanol–water partition coefficient (Wildman–Crippen LogP) is 1.70. The van der Waals surface area contributed by atoms with Gasteiger partial charge >= 0.3 is 5.75 Å². The third-order valence-corrected chi connectivity index (χ3v) is 0.727. The average molecular weight is 161 g/mol. The van der Waals surface area contributed by atoms with Crippen LogP contribution in [0.15, 0.2) is 0 Å². The largest absolute Gasteiger partial charge is 0.508 e. The van der Waals surface area contributed by atoms with Crippen LogP contribution in [0.2, 0.25) is 0 Å². The number of alkyl halides is 1. The molecule has 0 amide bonds. The molecule has 0 N–H and O–H groups in total. The third kappa shape index (κ3) is 6.89. The summed E-state index contributed by atoms with van der Waals surface area (Å²) in [6.45, 7) is 0.402. The summed E-state index contributed by atoms with van der Waals surface area (Å²) >= 11 is 15.5. The van der Waals surface area contributed by atoms with E-state index in [0.29, 0.717) is 12.5 Å². The fraction of sp³-hybridized carbons (Fsp3) is 1.00. The minimum Gasteiger partial charge on any atom is -0.408 e. The van der Waals surface area contributed by atoms with Gasteiger partial charge < -0.3 is 4.65 Å². The van der Waals surface area contributed by atoms with Gasteiger partial charge in [0.1, 0.15) is 0 Å². The Kier molecular flexibility index (Phi) is 5.68. The molecule has 42 valence electrons. The quantitative estimate of drug-likeness (QED) is 0.452. The van der Waals surface area contributed by atoms with Crippen LogP contribution in [-0.4, -0.2) is 18.2 Å². The highest BCUT2D eigenvalue weighted by Crippen LogP contribution is 1.96. The van der Waals surface area contributed by atoms with Gasteiger partial charge in [-0.15, -0.1) is 34.5 Å². The molecule has 1 nitrogen and oxygen atoms in total. The minimum absolute atomic E-state index is 0.402. The van der Waals surface area contributed by atoms with Gasteiger partial charge in [0.05, 0.1) is 0 Å². The Morgan fingerprint density at radius 3 is 2.14 bits per heavy atom. The highest BCUT2D eigenvalue weighted by Gasteiger charge is 2.03. The van der Waals surface area contributed by atoms with Crippen LogP contribution in [0.3, 0.4) is 0 Å². The second kappa shape index (κ2) is 5.04. The zero-order valence-electron chi connectivity index (χ0n) is 3.53. The first-order valence-electron chi connectivity index (χ1n) is 1.73. The van der Waals surface area contributed by atoms with Crippen LogP contribution < -0.4 is 0 Å². The standard InChI is InChI=1S/C2H4BCl3O/c4-1-2-7-3(5)6/h1-2H2. The van der Waals surface area contributed by atoms with Gasteiger partial charge in [-0.2, -0.15) is 0 Å². The van der Waals surface area contributed by atoms with Crippen LogP contribution in [0.4, 0.5) is 0 Å². The molecule has 0 rings (SSSR count). The maximum atomic E-state index is 5.20. The van der Waals surface area contributed by atoms with E-state index in [2.05, 4.69) is 4.65 Å². The molecule has 0 heterocycles. The van der Waals surface area contributed by atoms with E-state index in [9.17, 15) is 0 Å². The van der Waals surface area contributed by atoms with Crippen LogP contribution >= 0.6 is 34.5 Å². The highest BCUT2D eigenvalue weighted by molar-refractivity contribution is 7.30. The van der Waals surface area contributed by atoms with E-state index in [4.69, 9.17) is 34.5 Å². The first kappa shape index (κ1) is 7.89. The molecule has 0 aromatic carbocycles. The van der Waals surface area contributed by atoms with E-state index in [1.165, 1.54) is 0 Å². The molecule has 0 bridgehead atoms. The van der Waals surface area contributed by atoms with Gasteiger partial charge in [-0.3, -0.25) is 0 Å². The Bertz CT molecular complexity index is 41.9. The summed E-state index contributed by atoms with van der Waals surface area (Å²) in [6, 6.07) is 0. The molecule has 0 fully saturated rings. The van der Waals surface area contributed by atoms with Crippen LogP contribution in [0, 0.1) is 0 Å². The zero-order valence-corrected chi connectivity index (χ0v) is 5.80. The van der Waals surface area contributed by atoms with E-state index in [0.717, 1.165) is 0 Å². The van der Waals surface area contributed by atoms with Crippen LogP contribution in [0.1, 0.15) is 0 Å². The Labute approximate surface area is 57.8 Å². The third-order valence-electron chi connectivity index (χ3n) is 0.321. The maximum absolute atomic E-state index is 5.20. The fourth-order valence-electron chi connectivity index (χ4n) is 0.134. The topological polar surface area (TPSA) is 9.23 Å². The van der Waals surface area contributed by atoms with Crippen molar-refractivity contribution in [2.45, 2.75) is 0 Å². The number of hydrogen-bond donors (Lipinski definition) is 0. The molecular formula is C2H4BCl3O. The molecule has 0 atom stereocenters. The van der Waals surface area contributed by atoms with Crippen molar-refractivity contribution in [2.75, 3.05) is 12.5 Å². The Balaban J connectivity index is 2.68. The van der Waals surface area contributed by atoms with Gasteiger partial charge in [-0.25, -0.2) is 0 Å². The Morgan fingerprint density at radius 2 is 2.00 bits per heavy atom. The first-order valence-corrected chi connectivity index (χ1v) is 3.14. The summed E-state index contributed by atoms with van der Waals surface area (Å²) in [6.07, 6.45) is 0. The van der Waals surface area contributed by atoms with Crippen molar-refractivity contribution >= 4 is 40.3 Å². The molecule has 0 aliphatic heterocycles. The number of hydrogen-bond acceptors (Lipinski definition) is 1. The first-order chi connectivity index (χ1) is 3.27. The van der Waals surface area contributed by atoms with Gasteiger partial charge in [0.2, 0.25) is 0 Å². The summed E-state index contributed by atoms with van der Waals surface area (Å²) < 4.78 is 4.59. The highest BCUT2D eigenvalue weighted by atomic mass is 35.5. The lowest BCUT2D eigenvalue weighted by molar-refractivity contribution is 0.368. The van der Waals surface area contributed by atoms with E-state index < -0.39 is 5.75 Å². The summed E-state index contributed by atoms with van der Waals surface area (Å²) in [5.74, 6) is -0.311. The maximum Gasteiger partial charge on any atom is 0.508 e. The molecule has 0 aromatic heterocycles. The molecule has 0 saturated carbocycles. The second-order valence-corrected chi connectivity index (χ2v) is 2.21. The van der Waals surface area contributed by atoms with Crippen molar-refractivity contribution in [1.29, 1.82) is 0 Å². The molecule has 5 heteroatoms. The normalized spacial score (nSPS) is 9.00. The van der Waals surface area contributed by atoms with Crippen molar-refractivity contribution in [1.82, 2.24) is 0 Å². The lowest BCUT2D eigenvalue weighted by Crippen LogP contribution is -2.03. The Morgan fingerprint density at radius 1 is 1.43 bits per heavy atom. The van der Waals surface area contributed by atoms with E-state index in [1.807, 2.05) is 0 Å². The van der Waals surface area contributed by atoms with Crippen molar-refractivity contribution in [3.8, 4) is 0 Å². The fourth-order valence-corrected chi connectivity index (χ4v) is 0.401. The molecule has 0 aliphatic carbocycles. The molecule has 0 aliphatic rings. The van der Waals surface area contributed by atoms with E-state index >= 15 is 0 Å². The molecule has 0 radical (unpaired) electrons. The van der Waals surface area contributed by atoms with Crippen LogP contribution in [0.25, 0.3) is 0 Å². The minimum atomic E-state index is -0.737. The van der Waals surface area contributed by atoms with Crippen molar-refractivity contribution in [3.63, 3.8) is 0 Å². The monoisotopic (exact) mass is 160 g/mol. The van der Waals surface area contributed by atoms with Crippen LogP contribution in [0.5, 0.6) is 0 Å². The number of rotatable bonds is 3. The zero-order chi connectivity index (χ0) is 5.70.